The third-order valence-corrected chi connectivity index (χ3v) is 26.0. The van der Waals surface area contributed by atoms with Gasteiger partial charge in [-0.3, -0.25) is 0 Å². The molecule has 11 aromatic rings. The first-order valence-corrected chi connectivity index (χ1v) is 44.0. The van der Waals surface area contributed by atoms with Gasteiger partial charge in [-0.25, -0.2) is 18.3 Å². The third kappa shape index (κ3) is 18.1. The Balaban J connectivity index is 0.000000149. The minimum Gasteiger partial charge on any atom is -0.351 e. The van der Waals surface area contributed by atoms with Crippen molar-refractivity contribution in [2.75, 3.05) is 34.3 Å². The fourth-order valence-corrected chi connectivity index (χ4v) is 19.5. The molecule has 0 saturated carbocycles. The number of aromatic nitrogens is 4. The van der Waals surface area contributed by atoms with Crippen LogP contribution in [0.3, 0.4) is 0 Å². The summed E-state index contributed by atoms with van der Waals surface area (Å²) < 4.78 is 8.99. The Hall–Kier alpha value is -11.5. The van der Waals surface area contributed by atoms with Crippen LogP contribution in [-0.2, 0) is 34.6 Å². The molecule has 12 heteroatoms. The van der Waals surface area contributed by atoms with Gasteiger partial charge in [-0.2, -0.15) is 0 Å². The number of anilines is 7. The smallest absolute Gasteiger partial charge is 0.215 e. The maximum atomic E-state index is 2.52. The van der Waals surface area contributed by atoms with Crippen LogP contribution in [0.15, 0.2) is 225 Å². The summed E-state index contributed by atoms with van der Waals surface area (Å²) in [4.78, 5) is 19.4. The molecular weight excluding hydrogens is 1490 g/mol. The van der Waals surface area contributed by atoms with Crippen LogP contribution in [0, 0.1) is 123 Å². The molecule has 0 bridgehead atoms. The van der Waals surface area contributed by atoms with Gasteiger partial charge in [0.1, 0.15) is 52.9 Å². The van der Waals surface area contributed by atoms with Crippen molar-refractivity contribution >= 4 is 39.8 Å². The van der Waals surface area contributed by atoms with E-state index in [1.807, 2.05) is 0 Å². The number of hydrogen-bond donors (Lipinski definition) is 0. The zero-order valence-corrected chi connectivity index (χ0v) is 80.1. The summed E-state index contributed by atoms with van der Waals surface area (Å²) >= 11 is 0. The molecule has 4 atom stereocenters. The van der Waals surface area contributed by atoms with Crippen LogP contribution in [0.4, 0.5) is 39.8 Å². The second-order valence-electron chi connectivity index (χ2n) is 37.7. The van der Waals surface area contributed by atoms with E-state index in [1.165, 1.54) is 196 Å². The van der Waals surface area contributed by atoms with E-state index in [1.54, 1.807) is 0 Å². The van der Waals surface area contributed by atoms with Crippen LogP contribution in [0.2, 0.25) is 0 Å². The molecule has 0 aliphatic carbocycles. The van der Waals surface area contributed by atoms with Crippen LogP contribution < -0.4 is 52.6 Å². The summed E-state index contributed by atoms with van der Waals surface area (Å²) in [7, 11) is 8.57. The van der Waals surface area contributed by atoms with Crippen molar-refractivity contribution in [2.24, 2.45) is 33.6 Å². The predicted octanol–water partition coefficient (Wildman–Crippen LogP) is 24.5. The van der Waals surface area contributed by atoms with Gasteiger partial charge >= 0.3 is 0 Å². The Bertz CT molecular complexity index is 5860. The number of allylic oxidation sites excluding steroid dienone is 2. The quantitative estimate of drug-likeness (QED) is 0.112. The standard InChI is InChI=1S/C29H36N3.C28H34N3.C28H42N3.C25H28N3/c1-18-11-10-12-19(2)28(18)31-13-14-32(25(31)8)29-22(5)15-21(4)27(24(29)7)26-16-20(3)23(6)17-30(26)9;1-18-14-15-29(8)26(16-18)27-19(2)17-20(3)28(21(27)4)31-23(6)22(5)30(24(31)7)25-12-10-9-11-13-25;1-19-12-13-29(11)26(20(19)2)24-16-23(18-27(5,6)7)17-25(21(24)3)30-14-15-31(22(30)4)28(8,9)10;1-18-11-12-26(5)25(16-18)23-15-19(2)17-24(20(23)3)28-14-13-27(21(28)4)22-9-7-6-8-10-22/h10-17,25H,1-9H3;9-17,24H,1-8H3;12-17,22H,18H2,1-11H3;6-17,21H,1-5H3/q4*+1/t25-;24-;22-;21-/m1101/s1. The van der Waals surface area contributed by atoms with Crippen molar-refractivity contribution in [3.63, 3.8) is 0 Å². The highest BCUT2D eigenvalue weighted by atomic mass is 15.4. The fraction of sp³-hybridized carbons (Fsp3) is 0.364. The molecule has 0 spiro atoms. The van der Waals surface area contributed by atoms with Gasteiger partial charge in [-0.1, -0.05) is 87.5 Å². The van der Waals surface area contributed by atoms with Crippen LogP contribution in [0.25, 0.3) is 45.0 Å². The van der Waals surface area contributed by atoms with E-state index in [4.69, 9.17) is 0 Å². The minimum atomic E-state index is 0.0873. The Morgan fingerprint density at radius 3 is 1.37 bits per heavy atom. The lowest BCUT2D eigenvalue weighted by molar-refractivity contribution is -0.660. The molecular formula is C110H140N12+4. The second-order valence-corrected chi connectivity index (χ2v) is 37.7. The van der Waals surface area contributed by atoms with Gasteiger partial charge in [0.15, 0.2) is 24.8 Å². The third-order valence-electron chi connectivity index (χ3n) is 26.0. The molecule has 7 aromatic carbocycles. The number of nitrogens with zero attached hydrogens (tertiary/aromatic N) is 12. The van der Waals surface area contributed by atoms with Gasteiger partial charge in [-0.05, 0) is 329 Å². The molecule has 4 aliphatic heterocycles. The molecule has 4 aromatic heterocycles. The summed E-state index contributed by atoms with van der Waals surface area (Å²) in [5.41, 5.74) is 46.1. The van der Waals surface area contributed by atoms with Crippen LogP contribution in [-0.4, -0.2) is 35.1 Å². The highest BCUT2D eigenvalue weighted by Crippen LogP contribution is 2.47. The summed E-state index contributed by atoms with van der Waals surface area (Å²) in [6, 6.07) is 55.4. The topological polar surface area (TPSA) is 41.4 Å². The monoisotopic (exact) mass is 1630 g/mol. The first-order chi connectivity index (χ1) is 57.5. The number of pyridine rings is 4. The highest BCUT2D eigenvalue weighted by molar-refractivity contribution is 5.83. The molecule has 0 N–H and O–H groups in total. The molecule has 8 heterocycles. The van der Waals surface area contributed by atoms with Crippen molar-refractivity contribution in [3.8, 4) is 45.0 Å². The first kappa shape index (κ1) is 89.8. The fourth-order valence-electron chi connectivity index (χ4n) is 19.5. The van der Waals surface area contributed by atoms with Crippen LogP contribution in [0.5, 0.6) is 0 Å². The molecule has 12 nitrogen and oxygen atoms in total. The molecule has 0 unspecified atom stereocenters. The first-order valence-electron chi connectivity index (χ1n) is 44.0. The minimum absolute atomic E-state index is 0.0873. The molecule has 0 amide bonds. The van der Waals surface area contributed by atoms with E-state index in [2.05, 4.69) is 500 Å². The molecule has 122 heavy (non-hydrogen) atoms. The maximum Gasteiger partial charge on any atom is 0.215 e. The lowest BCUT2D eigenvalue weighted by Crippen LogP contribution is -2.46. The average molecular weight is 1630 g/mol. The lowest BCUT2D eigenvalue weighted by Gasteiger charge is -2.39. The largest absolute Gasteiger partial charge is 0.351 e. The number of aryl methyl sites for hydroxylation is 16. The van der Waals surface area contributed by atoms with Gasteiger partial charge in [0, 0.05) is 141 Å². The SMILES string of the molecule is CC1=C(C)N(c2c(C)cc(C)c(-c3cc(C)cc[n+]3C)c2C)[C@H](C)N1c1ccccc1.Cc1cc(-c2c(C)cc(C)c(N3C=CN(c4c(C)cccc4C)[C@H]3C)c2C)[n+](C)cc1C.Cc1cc(-c2cc(C)cc[n+]2C)c(C)c(N2C=CN(c3ccccc3)[C@H]2C)c1.Cc1cc[n+](C)c(-c2cc(CC(C)(C)C)cc(N3C=CN(C(C)(C)C)[C@H]3C)c2C)c1C. The van der Waals surface area contributed by atoms with Gasteiger partial charge in [0.2, 0.25) is 22.8 Å². The Labute approximate surface area is 734 Å². The molecule has 636 valence electrons. The van der Waals surface area contributed by atoms with E-state index in [0.717, 1.165) is 6.42 Å². The Morgan fingerprint density at radius 2 is 0.787 bits per heavy atom. The van der Waals surface area contributed by atoms with E-state index >= 15 is 0 Å². The van der Waals surface area contributed by atoms with Crippen LogP contribution >= 0.6 is 0 Å². The van der Waals surface area contributed by atoms with Crippen molar-refractivity contribution < 1.29 is 18.3 Å². The maximum absolute atomic E-state index is 2.52. The van der Waals surface area contributed by atoms with Gasteiger partial charge in [-0.15, -0.1) is 0 Å². The van der Waals surface area contributed by atoms with Gasteiger partial charge in [0.25, 0.3) is 0 Å². The summed E-state index contributed by atoms with van der Waals surface area (Å²) in [5.74, 6) is 0. The normalized spacial score (nSPS) is 16.3. The Kier molecular flexibility index (Phi) is 26.4. The summed E-state index contributed by atoms with van der Waals surface area (Å²) in [5, 5.41) is 0. The predicted molar refractivity (Wildman–Crippen MR) is 518 cm³/mol. The van der Waals surface area contributed by atoms with E-state index < -0.39 is 0 Å². The average Bonchev–Trinajstić information content (AvgIpc) is 1.47. The molecule has 4 aliphatic rings. The van der Waals surface area contributed by atoms with Crippen molar-refractivity contribution in [1.82, 2.24) is 4.90 Å². The Morgan fingerprint density at radius 1 is 0.311 bits per heavy atom. The molecule has 0 fully saturated rings. The van der Waals surface area contributed by atoms with Crippen molar-refractivity contribution in [2.45, 2.75) is 237 Å². The van der Waals surface area contributed by atoms with Gasteiger partial charge in [0.05, 0.1) is 22.3 Å². The second kappa shape index (κ2) is 35.9. The number of rotatable bonds is 12. The number of para-hydroxylation sites is 3. The summed E-state index contributed by atoms with van der Waals surface area (Å²) in [6.45, 7) is 65.2. The summed E-state index contributed by atoms with van der Waals surface area (Å²) in [6.07, 6.45) is 24.0. The van der Waals surface area contributed by atoms with Crippen LogP contribution in [0.1, 0.15) is 183 Å². The number of benzene rings is 7. The van der Waals surface area contributed by atoms with Crippen molar-refractivity contribution in [1.29, 1.82) is 0 Å². The molecule has 15 rings (SSSR count). The zero-order valence-electron chi connectivity index (χ0n) is 80.1. The van der Waals surface area contributed by atoms with Crippen molar-refractivity contribution in [3.05, 3.63) is 325 Å². The highest BCUT2D eigenvalue weighted by Gasteiger charge is 2.39. The van der Waals surface area contributed by atoms with Gasteiger partial charge < -0.3 is 39.2 Å². The molecule has 0 saturated heterocycles. The van der Waals surface area contributed by atoms with E-state index in [0.29, 0.717) is 0 Å². The lowest BCUT2D eigenvalue weighted by atomic mass is 9.85. The molecule has 0 radical (unpaired) electrons. The van der Waals surface area contributed by atoms with E-state index in [9.17, 15) is 0 Å². The zero-order chi connectivity index (χ0) is 88.9. The van der Waals surface area contributed by atoms with E-state index in [-0.39, 0.29) is 35.6 Å². The number of hydrogen-bond acceptors (Lipinski definition) is 8.